The van der Waals surface area contributed by atoms with Gasteiger partial charge in [-0.1, -0.05) is 23.7 Å². The summed E-state index contributed by atoms with van der Waals surface area (Å²) in [6.45, 7) is 4.06. The summed E-state index contributed by atoms with van der Waals surface area (Å²) in [6, 6.07) is 4.98. The van der Waals surface area contributed by atoms with Crippen molar-refractivity contribution in [1.82, 2.24) is 0 Å². The molecule has 0 bridgehead atoms. The number of aryl methyl sites for hydroxylation is 2. The molecular weight excluding hydrogens is 507 g/mol. The van der Waals surface area contributed by atoms with Crippen molar-refractivity contribution in [3.63, 3.8) is 0 Å². The Bertz CT molecular complexity index is 1110. The molecule has 5 nitrogen and oxygen atoms in total. The lowest BCUT2D eigenvalue weighted by atomic mass is 9.88. The minimum Gasteiger partial charge on any atom is -0.462 e. The van der Waals surface area contributed by atoms with E-state index in [4.69, 9.17) is 27.9 Å². The quantitative estimate of drug-likeness (QED) is 0.206. The lowest BCUT2D eigenvalue weighted by Gasteiger charge is -2.31. The highest BCUT2D eigenvalue weighted by Gasteiger charge is 2.73. The van der Waals surface area contributed by atoms with Gasteiger partial charge in [-0.3, -0.25) is 5.01 Å². The minimum absolute atomic E-state index is 0.00346. The molecule has 0 atom stereocenters. The van der Waals surface area contributed by atoms with E-state index in [1.54, 1.807) is 6.92 Å². The maximum atomic E-state index is 14.5. The number of hydrogen-bond acceptors (Lipinski definition) is 5. The van der Waals surface area contributed by atoms with E-state index in [0.29, 0.717) is 12.1 Å². The van der Waals surface area contributed by atoms with Gasteiger partial charge in [0.15, 0.2) is 0 Å². The van der Waals surface area contributed by atoms with E-state index in [2.05, 4.69) is 0 Å². The van der Waals surface area contributed by atoms with Gasteiger partial charge in [0.1, 0.15) is 0 Å². The smallest absolute Gasteiger partial charge is 0.435 e. The van der Waals surface area contributed by atoms with Gasteiger partial charge in [0.2, 0.25) is 0 Å². The SMILES string of the molecule is CCOC(=O)c1cc(N(N)/C=C(\N)c2c(C)cc(C(F)(C(F)(F)F)C(F)(F)F)cc2C)ccc1Cl. The van der Waals surface area contributed by atoms with E-state index >= 15 is 0 Å². The number of alkyl halides is 7. The summed E-state index contributed by atoms with van der Waals surface area (Å²) in [5, 5.41) is 1.05. The van der Waals surface area contributed by atoms with Crippen LogP contribution in [0.15, 0.2) is 36.5 Å². The molecule has 0 saturated heterocycles. The van der Waals surface area contributed by atoms with Crippen molar-refractivity contribution < 1.29 is 40.3 Å². The molecular formula is C22H21ClF7N3O2. The molecule has 0 amide bonds. The van der Waals surface area contributed by atoms with Gasteiger partial charge < -0.3 is 10.5 Å². The summed E-state index contributed by atoms with van der Waals surface area (Å²) < 4.78 is 98.2. The zero-order valence-corrected chi connectivity index (χ0v) is 19.4. The standard InChI is InChI=1S/C22H21ClF7N3O2/c1-4-35-19(34)15-9-14(5-6-16(15)23)33(32)10-17(31)18-11(2)7-13(8-12(18)3)20(24,21(25,26)27)22(28,29)30/h5-10H,4,31-32H2,1-3H3/b17-10-. The molecule has 2 aromatic rings. The first kappa shape index (κ1) is 28.2. The highest BCUT2D eigenvalue weighted by Crippen LogP contribution is 2.53. The number of hydrazine groups is 1. The third-order valence-electron chi connectivity index (χ3n) is 5.02. The van der Waals surface area contributed by atoms with Gasteiger partial charge in [-0.2, -0.15) is 26.3 Å². The van der Waals surface area contributed by atoms with Gasteiger partial charge in [-0.05, 0) is 50.1 Å². The second kappa shape index (κ2) is 9.94. The number of halogens is 8. The maximum absolute atomic E-state index is 14.5. The van der Waals surface area contributed by atoms with Gasteiger partial charge in [0, 0.05) is 17.3 Å². The Balaban J connectivity index is 2.52. The van der Waals surface area contributed by atoms with E-state index in [9.17, 15) is 35.5 Å². The Kier molecular flexibility index (Phi) is 8.02. The number of rotatable bonds is 6. The Labute approximate surface area is 201 Å². The van der Waals surface area contributed by atoms with Gasteiger partial charge >= 0.3 is 24.0 Å². The fraction of sp³-hybridized carbons (Fsp3) is 0.318. The van der Waals surface area contributed by atoms with Crippen molar-refractivity contribution in [2.45, 2.75) is 38.8 Å². The van der Waals surface area contributed by atoms with Crippen molar-refractivity contribution in [1.29, 1.82) is 0 Å². The molecule has 0 saturated carbocycles. The molecule has 0 aliphatic heterocycles. The number of hydrogen-bond donors (Lipinski definition) is 2. The average molecular weight is 528 g/mol. The van der Waals surface area contributed by atoms with E-state index in [1.165, 1.54) is 32.0 Å². The molecule has 0 aromatic heterocycles. The number of anilines is 1. The van der Waals surface area contributed by atoms with Crippen LogP contribution in [-0.2, 0) is 10.4 Å². The lowest BCUT2D eigenvalue weighted by molar-refractivity contribution is -0.348. The van der Waals surface area contributed by atoms with Crippen LogP contribution in [-0.4, -0.2) is 24.9 Å². The first-order chi connectivity index (χ1) is 16.0. The van der Waals surface area contributed by atoms with Crippen LogP contribution >= 0.6 is 11.6 Å². The Morgan fingerprint density at radius 1 is 1.03 bits per heavy atom. The first-order valence-corrected chi connectivity index (χ1v) is 10.3. The molecule has 0 unspecified atom stereocenters. The van der Waals surface area contributed by atoms with E-state index in [-0.39, 0.29) is 45.3 Å². The predicted molar refractivity (Wildman–Crippen MR) is 117 cm³/mol. The summed E-state index contributed by atoms with van der Waals surface area (Å²) >= 11 is 6.00. The van der Waals surface area contributed by atoms with Crippen LogP contribution in [0.25, 0.3) is 5.70 Å². The fourth-order valence-electron chi connectivity index (χ4n) is 3.43. The van der Waals surface area contributed by atoms with E-state index in [0.717, 1.165) is 11.2 Å². The topological polar surface area (TPSA) is 81.6 Å². The molecule has 2 rings (SSSR count). The average Bonchev–Trinajstić information content (AvgIpc) is 2.71. The molecule has 35 heavy (non-hydrogen) atoms. The van der Waals surface area contributed by atoms with Crippen molar-refractivity contribution in [3.8, 4) is 0 Å². The lowest BCUT2D eigenvalue weighted by Crippen LogP contribution is -2.50. The minimum atomic E-state index is -6.24. The van der Waals surface area contributed by atoms with Crippen LogP contribution < -0.4 is 16.6 Å². The summed E-state index contributed by atoms with van der Waals surface area (Å²) in [4.78, 5) is 12.0. The molecule has 192 valence electrons. The van der Waals surface area contributed by atoms with Crippen molar-refractivity contribution in [2.75, 3.05) is 11.6 Å². The summed E-state index contributed by atoms with van der Waals surface area (Å²) in [5.41, 5.74) is -1.35. The van der Waals surface area contributed by atoms with Gasteiger partial charge in [0.05, 0.1) is 28.6 Å². The largest absolute Gasteiger partial charge is 0.462 e. The molecule has 2 aromatic carbocycles. The highest BCUT2D eigenvalue weighted by molar-refractivity contribution is 6.33. The van der Waals surface area contributed by atoms with E-state index in [1.807, 2.05) is 0 Å². The zero-order chi connectivity index (χ0) is 26.9. The monoisotopic (exact) mass is 527 g/mol. The van der Waals surface area contributed by atoms with Crippen LogP contribution in [0.5, 0.6) is 0 Å². The summed E-state index contributed by atoms with van der Waals surface area (Å²) in [5.74, 6) is 5.25. The number of esters is 1. The van der Waals surface area contributed by atoms with Crippen molar-refractivity contribution in [3.05, 3.63) is 69.4 Å². The van der Waals surface area contributed by atoms with Crippen LogP contribution in [0, 0.1) is 13.8 Å². The number of nitrogens with zero attached hydrogens (tertiary/aromatic N) is 1. The summed E-state index contributed by atoms with van der Waals surface area (Å²) in [7, 11) is 0. The number of ether oxygens (including phenoxy) is 1. The van der Waals surface area contributed by atoms with Gasteiger partial charge in [-0.15, -0.1) is 0 Å². The molecule has 0 fully saturated rings. The molecule has 0 spiro atoms. The zero-order valence-electron chi connectivity index (χ0n) is 18.6. The van der Waals surface area contributed by atoms with Gasteiger partial charge in [-0.25, -0.2) is 15.0 Å². The first-order valence-electron chi connectivity index (χ1n) is 9.88. The number of carbonyl (C=O) groups is 1. The Hall–Kier alpha value is -2.99. The van der Waals surface area contributed by atoms with Crippen LogP contribution in [0.3, 0.4) is 0 Å². The van der Waals surface area contributed by atoms with Gasteiger partial charge in [0.25, 0.3) is 0 Å². The maximum Gasteiger partial charge on any atom is 0.435 e. The van der Waals surface area contributed by atoms with Crippen LogP contribution in [0.1, 0.15) is 39.5 Å². The fourth-order valence-corrected chi connectivity index (χ4v) is 3.63. The molecule has 0 heterocycles. The molecule has 13 heteroatoms. The highest BCUT2D eigenvalue weighted by atomic mass is 35.5. The van der Waals surface area contributed by atoms with Crippen LogP contribution in [0.2, 0.25) is 5.02 Å². The Morgan fingerprint density at radius 3 is 2.00 bits per heavy atom. The molecule has 4 N–H and O–H groups in total. The van der Waals surface area contributed by atoms with Crippen molar-refractivity contribution in [2.24, 2.45) is 11.6 Å². The summed E-state index contributed by atoms with van der Waals surface area (Å²) in [6.07, 6.45) is -11.4. The number of carbonyl (C=O) groups excluding carboxylic acids is 1. The normalized spacial score (nSPS) is 13.1. The molecule has 0 radical (unpaired) electrons. The number of benzene rings is 2. The second-order valence-electron chi connectivity index (χ2n) is 7.52. The predicted octanol–water partition coefficient (Wildman–Crippen LogP) is 6.06. The molecule has 0 aliphatic rings. The second-order valence-corrected chi connectivity index (χ2v) is 7.92. The Morgan fingerprint density at radius 2 is 1.54 bits per heavy atom. The van der Waals surface area contributed by atoms with Crippen molar-refractivity contribution >= 4 is 29.0 Å². The van der Waals surface area contributed by atoms with Crippen LogP contribution in [0.4, 0.5) is 36.4 Å². The molecule has 0 aliphatic carbocycles. The number of nitrogens with two attached hydrogens (primary N) is 2. The third kappa shape index (κ3) is 5.48. The third-order valence-corrected chi connectivity index (χ3v) is 5.35. The van der Waals surface area contributed by atoms with E-state index < -0.39 is 29.6 Å².